The topological polar surface area (TPSA) is 12.5 Å². The Hall–Kier alpha value is -0.460. The van der Waals surface area contributed by atoms with Crippen molar-refractivity contribution in [3.05, 3.63) is 11.5 Å². The third-order valence-electron chi connectivity index (χ3n) is 1.55. The summed E-state index contributed by atoms with van der Waals surface area (Å²) >= 11 is 0. The summed E-state index contributed by atoms with van der Waals surface area (Å²) in [6, 6.07) is 0. The molecule has 0 unspecified atom stereocenters. The van der Waals surface area contributed by atoms with E-state index in [2.05, 4.69) is 6.92 Å². The van der Waals surface area contributed by atoms with Crippen LogP contribution < -0.4 is 0 Å². The highest BCUT2D eigenvalue weighted by atomic mass is 16.6. The monoisotopic (exact) mass is 96.1 g/mol. The minimum atomic E-state index is 0.824. The molecule has 1 aliphatic carbocycles. The van der Waals surface area contributed by atoms with Gasteiger partial charge < -0.3 is 4.74 Å². The Kier molecular flexibility index (Phi) is 0.432. The third-order valence-corrected chi connectivity index (χ3v) is 1.55. The van der Waals surface area contributed by atoms with Crippen molar-refractivity contribution >= 4 is 0 Å². The van der Waals surface area contributed by atoms with Crippen LogP contribution >= 0.6 is 0 Å². The summed E-state index contributed by atoms with van der Waals surface area (Å²) < 4.78 is 4.90. The average Bonchev–Trinajstić information content (AvgIpc) is 2.41. The quantitative estimate of drug-likeness (QED) is 0.509. The Labute approximate surface area is 43.0 Å². The van der Waals surface area contributed by atoms with Gasteiger partial charge in [0, 0.05) is 0 Å². The van der Waals surface area contributed by atoms with Gasteiger partial charge in [-0.2, -0.15) is 0 Å². The molecule has 0 fully saturated rings. The minimum Gasteiger partial charge on any atom is -0.457 e. The SMILES string of the molecule is CCCC1C2=C1O2. The van der Waals surface area contributed by atoms with Crippen molar-refractivity contribution < 1.29 is 4.74 Å². The minimum absolute atomic E-state index is 0.824. The van der Waals surface area contributed by atoms with Gasteiger partial charge in [0.2, 0.25) is 0 Å². The molecule has 1 heterocycles. The van der Waals surface area contributed by atoms with Crippen LogP contribution in [0.15, 0.2) is 11.5 Å². The van der Waals surface area contributed by atoms with Crippen LogP contribution in [0.2, 0.25) is 0 Å². The summed E-state index contributed by atoms with van der Waals surface area (Å²) in [5, 5.41) is 0. The van der Waals surface area contributed by atoms with Crippen LogP contribution in [-0.4, -0.2) is 0 Å². The zero-order valence-electron chi connectivity index (χ0n) is 4.40. The molecule has 0 amide bonds. The maximum atomic E-state index is 4.90. The van der Waals surface area contributed by atoms with E-state index in [1.165, 1.54) is 24.4 Å². The molecule has 38 valence electrons. The van der Waals surface area contributed by atoms with E-state index in [1.54, 1.807) is 0 Å². The summed E-state index contributed by atoms with van der Waals surface area (Å²) in [7, 11) is 0. The number of hydrogen-bond acceptors (Lipinski definition) is 1. The highest BCUT2D eigenvalue weighted by molar-refractivity contribution is 5.44. The molecule has 0 radical (unpaired) electrons. The van der Waals surface area contributed by atoms with Gasteiger partial charge in [-0.25, -0.2) is 0 Å². The van der Waals surface area contributed by atoms with E-state index in [-0.39, 0.29) is 0 Å². The molecule has 0 aromatic heterocycles. The first-order valence-electron chi connectivity index (χ1n) is 2.85. The zero-order valence-corrected chi connectivity index (χ0v) is 4.40. The fraction of sp³-hybridized carbons (Fsp3) is 0.667. The van der Waals surface area contributed by atoms with Crippen LogP contribution in [0.4, 0.5) is 0 Å². The molecule has 0 aromatic rings. The normalized spacial score (nSPS) is 24.1. The first-order valence-corrected chi connectivity index (χ1v) is 2.85. The maximum Gasteiger partial charge on any atom is 0.153 e. The van der Waals surface area contributed by atoms with E-state index in [4.69, 9.17) is 4.74 Å². The van der Waals surface area contributed by atoms with E-state index in [1.807, 2.05) is 0 Å². The molecule has 2 rings (SSSR count). The molecule has 0 saturated carbocycles. The van der Waals surface area contributed by atoms with Gasteiger partial charge in [0.05, 0.1) is 5.92 Å². The van der Waals surface area contributed by atoms with Gasteiger partial charge in [0.1, 0.15) is 0 Å². The van der Waals surface area contributed by atoms with Gasteiger partial charge in [-0.3, -0.25) is 0 Å². The van der Waals surface area contributed by atoms with Crippen molar-refractivity contribution in [2.24, 2.45) is 5.92 Å². The molecule has 2 aliphatic rings. The summed E-state index contributed by atoms with van der Waals surface area (Å²) in [4.78, 5) is 0. The maximum absolute atomic E-state index is 4.90. The van der Waals surface area contributed by atoms with Gasteiger partial charge in [0.15, 0.2) is 11.5 Å². The second kappa shape index (κ2) is 0.857. The van der Waals surface area contributed by atoms with Gasteiger partial charge in [-0.15, -0.1) is 0 Å². The van der Waals surface area contributed by atoms with E-state index >= 15 is 0 Å². The average molecular weight is 96.1 g/mol. The molecule has 1 aliphatic heterocycles. The Morgan fingerprint density at radius 3 is 2.43 bits per heavy atom. The molecular weight excluding hydrogens is 88.1 g/mol. The molecule has 1 heteroatoms. The number of rotatable bonds is 2. The Morgan fingerprint density at radius 1 is 1.57 bits per heavy atom. The molecule has 0 atom stereocenters. The Balaban J connectivity index is 1.76. The fourth-order valence-electron chi connectivity index (χ4n) is 0.953. The Bertz CT molecular complexity index is 123. The van der Waals surface area contributed by atoms with Gasteiger partial charge in [-0.1, -0.05) is 13.3 Å². The van der Waals surface area contributed by atoms with Crippen LogP contribution in [0.5, 0.6) is 0 Å². The van der Waals surface area contributed by atoms with Crippen LogP contribution in [0.25, 0.3) is 0 Å². The summed E-state index contributed by atoms with van der Waals surface area (Å²) in [6.07, 6.45) is 2.62. The molecule has 0 bridgehead atoms. The first-order chi connectivity index (χ1) is 3.43. The third kappa shape index (κ3) is 0.328. The fourth-order valence-corrected chi connectivity index (χ4v) is 0.953. The largest absolute Gasteiger partial charge is 0.457 e. The second-order valence-corrected chi connectivity index (χ2v) is 2.17. The standard InChI is InChI=1S/C6H8O/c1-2-3-4-5-6(4)7-5/h4H,2-3H2,1H3. The molecule has 0 spiro atoms. The summed E-state index contributed by atoms with van der Waals surface area (Å²) in [6.45, 7) is 2.21. The lowest BCUT2D eigenvalue weighted by atomic mass is 10.2. The van der Waals surface area contributed by atoms with Crippen molar-refractivity contribution in [2.75, 3.05) is 0 Å². The predicted octanol–water partition coefficient (Wildman–Crippen LogP) is 1.66. The smallest absolute Gasteiger partial charge is 0.153 e. The van der Waals surface area contributed by atoms with Crippen molar-refractivity contribution in [3.8, 4) is 0 Å². The zero-order chi connectivity index (χ0) is 4.85. The molecule has 1 nitrogen and oxygen atoms in total. The van der Waals surface area contributed by atoms with Crippen LogP contribution in [-0.2, 0) is 4.74 Å². The Morgan fingerprint density at radius 2 is 2.29 bits per heavy atom. The number of ether oxygens (including phenoxy) is 1. The summed E-state index contributed by atoms with van der Waals surface area (Å²) in [5.41, 5.74) is 0. The molecular formula is C6H8O. The molecule has 0 N–H and O–H groups in total. The van der Waals surface area contributed by atoms with Crippen LogP contribution in [0.3, 0.4) is 0 Å². The lowest BCUT2D eigenvalue weighted by Crippen LogP contribution is -1.90. The number of allylic oxidation sites excluding steroid dienone is 2. The van der Waals surface area contributed by atoms with Crippen LogP contribution in [0, 0.1) is 5.92 Å². The first kappa shape index (κ1) is 3.53. The number of hydrogen-bond donors (Lipinski definition) is 0. The van der Waals surface area contributed by atoms with E-state index in [9.17, 15) is 0 Å². The lowest BCUT2D eigenvalue weighted by Gasteiger charge is -2.00. The predicted molar refractivity (Wildman–Crippen MR) is 26.5 cm³/mol. The van der Waals surface area contributed by atoms with Gasteiger partial charge in [-0.05, 0) is 6.42 Å². The van der Waals surface area contributed by atoms with Crippen LogP contribution in [0.1, 0.15) is 19.8 Å². The highest BCUT2D eigenvalue weighted by Crippen LogP contribution is 2.58. The molecule has 7 heavy (non-hydrogen) atoms. The van der Waals surface area contributed by atoms with E-state index < -0.39 is 0 Å². The van der Waals surface area contributed by atoms with E-state index in [0.29, 0.717) is 0 Å². The molecule has 0 aromatic carbocycles. The van der Waals surface area contributed by atoms with Crippen molar-refractivity contribution in [2.45, 2.75) is 19.8 Å². The summed E-state index contributed by atoms with van der Waals surface area (Å²) in [5.74, 6) is 3.44. The van der Waals surface area contributed by atoms with Gasteiger partial charge in [0.25, 0.3) is 0 Å². The van der Waals surface area contributed by atoms with Crippen molar-refractivity contribution in [1.29, 1.82) is 0 Å². The second-order valence-electron chi connectivity index (χ2n) is 2.17. The van der Waals surface area contributed by atoms with Gasteiger partial charge >= 0.3 is 0 Å². The molecule has 0 saturated heterocycles. The van der Waals surface area contributed by atoms with E-state index in [0.717, 1.165) is 5.92 Å². The van der Waals surface area contributed by atoms with Crippen molar-refractivity contribution in [1.82, 2.24) is 0 Å². The lowest BCUT2D eigenvalue weighted by molar-refractivity contribution is 0.311. The van der Waals surface area contributed by atoms with Crippen molar-refractivity contribution in [3.63, 3.8) is 0 Å². The highest BCUT2D eigenvalue weighted by Gasteiger charge is 2.54.